The van der Waals surface area contributed by atoms with Crippen LogP contribution in [0, 0.1) is 5.41 Å². The summed E-state index contributed by atoms with van der Waals surface area (Å²) >= 11 is 0. The van der Waals surface area contributed by atoms with Gasteiger partial charge < -0.3 is 10.6 Å². The Labute approximate surface area is 120 Å². The third-order valence-corrected chi connectivity index (χ3v) is 5.09. The Balaban J connectivity index is 1.68. The quantitative estimate of drug-likeness (QED) is 0.901. The first-order valence-electron chi connectivity index (χ1n) is 7.76. The summed E-state index contributed by atoms with van der Waals surface area (Å²) in [6.07, 6.45) is 9.46. The minimum atomic E-state index is 0.00236. The van der Waals surface area contributed by atoms with Crippen molar-refractivity contribution in [2.75, 3.05) is 18.8 Å². The zero-order valence-corrected chi connectivity index (χ0v) is 12.3. The number of anilines is 1. The minimum absolute atomic E-state index is 0.00236. The van der Waals surface area contributed by atoms with E-state index in [9.17, 15) is 4.79 Å². The van der Waals surface area contributed by atoms with Crippen LogP contribution < -0.4 is 5.73 Å². The molecule has 1 aliphatic heterocycles. The standard InChI is InChI=1S/C15H24N4O/c1-2-19-11-12(16)13(17-19)14(20)18-9-7-15(8-10-18)5-3-4-6-15/h11H,2-10,16H2,1H3. The van der Waals surface area contributed by atoms with Crippen molar-refractivity contribution in [1.29, 1.82) is 0 Å². The fourth-order valence-electron chi connectivity index (χ4n) is 3.72. The number of aryl methyl sites for hydroxylation is 1. The van der Waals surface area contributed by atoms with Gasteiger partial charge in [0.1, 0.15) is 0 Å². The summed E-state index contributed by atoms with van der Waals surface area (Å²) in [5, 5.41) is 4.29. The van der Waals surface area contributed by atoms with Crippen LogP contribution in [0.4, 0.5) is 5.69 Å². The van der Waals surface area contributed by atoms with Crippen LogP contribution in [0.1, 0.15) is 55.9 Å². The van der Waals surface area contributed by atoms with Gasteiger partial charge in [-0.1, -0.05) is 12.8 Å². The third-order valence-electron chi connectivity index (χ3n) is 5.09. The molecule has 1 saturated heterocycles. The van der Waals surface area contributed by atoms with Crippen molar-refractivity contribution in [1.82, 2.24) is 14.7 Å². The van der Waals surface area contributed by atoms with E-state index in [0.717, 1.165) is 32.5 Å². The molecule has 1 saturated carbocycles. The molecule has 1 aromatic heterocycles. The summed E-state index contributed by atoms with van der Waals surface area (Å²) in [6, 6.07) is 0. The number of piperidine rings is 1. The largest absolute Gasteiger partial charge is 0.396 e. The highest BCUT2D eigenvalue weighted by Crippen LogP contribution is 2.46. The average Bonchev–Trinajstić information content (AvgIpc) is 3.06. The van der Waals surface area contributed by atoms with Crippen LogP contribution in [0.2, 0.25) is 0 Å². The highest BCUT2D eigenvalue weighted by Gasteiger charge is 2.38. The highest BCUT2D eigenvalue weighted by atomic mass is 16.2. The number of carbonyl (C=O) groups excluding carboxylic acids is 1. The van der Waals surface area contributed by atoms with E-state index in [0.29, 0.717) is 16.8 Å². The van der Waals surface area contributed by atoms with Crippen molar-refractivity contribution >= 4 is 11.6 Å². The summed E-state index contributed by atoms with van der Waals surface area (Å²) < 4.78 is 1.73. The number of aromatic nitrogens is 2. The zero-order valence-electron chi connectivity index (χ0n) is 12.3. The lowest BCUT2D eigenvalue weighted by Gasteiger charge is -2.39. The molecule has 20 heavy (non-hydrogen) atoms. The molecule has 1 aromatic rings. The van der Waals surface area contributed by atoms with Gasteiger partial charge in [0.05, 0.1) is 5.69 Å². The molecule has 1 aliphatic carbocycles. The molecule has 2 heterocycles. The molecule has 5 nitrogen and oxygen atoms in total. The van der Waals surface area contributed by atoms with E-state index >= 15 is 0 Å². The number of nitrogens with two attached hydrogens (primary N) is 1. The lowest BCUT2D eigenvalue weighted by molar-refractivity contribution is 0.0582. The van der Waals surface area contributed by atoms with Gasteiger partial charge in [0.25, 0.3) is 5.91 Å². The predicted molar refractivity (Wildman–Crippen MR) is 78.4 cm³/mol. The Kier molecular flexibility index (Phi) is 3.44. The Morgan fingerprint density at radius 3 is 2.50 bits per heavy atom. The molecule has 2 N–H and O–H groups in total. The molecule has 0 aromatic carbocycles. The van der Waals surface area contributed by atoms with Gasteiger partial charge in [0.2, 0.25) is 0 Å². The normalized spacial score (nSPS) is 21.6. The van der Waals surface area contributed by atoms with Gasteiger partial charge in [0, 0.05) is 25.8 Å². The van der Waals surface area contributed by atoms with Crippen LogP contribution in [-0.4, -0.2) is 33.7 Å². The van der Waals surface area contributed by atoms with Gasteiger partial charge in [-0.25, -0.2) is 0 Å². The minimum Gasteiger partial charge on any atom is -0.396 e. The van der Waals surface area contributed by atoms with Crippen LogP contribution >= 0.6 is 0 Å². The number of amides is 1. The first-order valence-corrected chi connectivity index (χ1v) is 7.76. The summed E-state index contributed by atoms with van der Waals surface area (Å²) in [4.78, 5) is 14.5. The van der Waals surface area contributed by atoms with Crippen LogP contribution in [0.5, 0.6) is 0 Å². The maximum absolute atomic E-state index is 12.5. The first-order chi connectivity index (χ1) is 9.63. The van der Waals surface area contributed by atoms with Crippen molar-refractivity contribution in [3.8, 4) is 0 Å². The van der Waals surface area contributed by atoms with Crippen molar-refractivity contribution in [3.63, 3.8) is 0 Å². The molecule has 0 unspecified atom stereocenters. The number of likely N-dealkylation sites (tertiary alicyclic amines) is 1. The fraction of sp³-hybridized carbons (Fsp3) is 0.733. The second kappa shape index (κ2) is 5.11. The first kappa shape index (κ1) is 13.5. The Morgan fingerprint density at radius 2 is 1.95 bits per heavy atom. The van der Waals surface area contributed by atoms with Crippen molar-refractivity contribution < 1.29 is 4.79 Å². The zero-order chi connectivity index (χ0) is 14.2. The second-order valence-corrected chi connectivity index (χ2v) is 6.29. The van der Waals surface area contributed by atoms with Crippen molar-refractivity contribution in [2.24, 2.45) is 5.41 Å². The SMILES string of the molecule is CCn1cc(N)c(C(=O)N2CCC3(CCCC3)CC2)n1. The Hall–Kier alpha value is -1.52. The second-order valence-electron chi connectivity index (χ2n) is 6.29. The van der Waals surface area contributed by atoms with E-state index in [1.807, 2.05) is 11.8 Å². The molecular weight excluding hydrogens is 252 g/mol. The summed E-state index contributed by atoms with van der Waals surface area (Å²) in [6.45, 7) is 4.44. The van der Waals surface area contributed by atoms with E-state index in [1.54, 1.807) is 10.9 Å². The number of hydrogen-bond acceptors (Lipinski definition) is 3. The molecular formula is C15H24N4O. The molecule has 1 amide bonds. The third kappa shape index (κ3) is 2.30. The number of hydrogen-bond donors (Lipinski definition) is 1. The van der Waals surface area contributed by atoms with E-state index in [1.165, 1.54) is 25.7 Å². The van der Waals surface area contributed by atoms with Crippen LogP contribution in [0.3, 0.4) is 0 Å². The molecule has 2 fully saturated rings. The smallest absolute Gasteiger partial charge is 0.276 e. The molecule has 5 heteroatoms. The van der Waals surface area contributed by atoms with Gasteiger partial charge in [-0.05, 0) is 38.0 Å². The van der Waals surface area contributed by atoms with E-state index in [-0.39, 0.29) is 5.91 Å². The van der Waals surface area contributed by atoms with E-state index in [4.69, 9.17) is 5.73 Å². The molecule has 1 spiro atoms. The monoisotopic (exact) mass is 276 g/mol. The maximum atomic E-state index is 12.5. The average molecular weight is 276 g/mol. The Bertz CT molecular complexity index is 492. The number of nitrogen functional groups attached to an aromatic ring is 1. The van der Waals surface area contributed by atoms with Crippen molar-refractivity contribution in [3.05, 3.63) is 11.9 Å². The molecule has 2 aliphatic rings. The van der Waals surface area contributed by atoms with Gasteiger partial charge in [-0.3, -0.25) is 9.48 Å². The number of nitrogens with zero attached hydrogens (tertiary/aromatic N) is 3. The van der Waals surface area contributed by atoms with Crippen LogP contribution in [0.25, 0.3) is 0 Å². The number of carbonyl (C=O) groups is 1. The predicted octanol–water partition coefficient (Wildman–Crippen LogP) is 2.28. The highest BCUT2D eigenvalue weighted by molar-refractivity contribution is 5.97. The molecule has 0 atom stereocenters. The van der Waals surface area contributed by atoms with Crippen LogP contribution in [-0.2, 0) is 6.54 Å². The molecule has 110 valence electrons. The molecule has 3 rings (SSSR count). The van der Waals surface area contributed by atoms with Crippen LogP contribution in [0.15, 0.2) is 6.20 Å². The lowest BCUT2D eigenvalue weighted by Crippen LogP contribution is -2.42. The summed E-state index contributed by atoms with van der Waals surface area (Å²) in [5.41, 5.74) is 7.37. The maximum Gasteiger partial charge on any atom is 0.276 e. The lowest BCUT2D eigenvalue weighted by atomic mass is 9.77. The van der Waals surface area contributed by atoms with Gasteiger partial charge >= 0.3 is 0 Å². The fourth-order valence-corrected chi connectivity index (χ4v) is 3.72. The van der Waals surface area contributed by atoms with Gasteiger partial charge in [-0.15, -0.1) is 0 Å². The molecule has 0 bridgehead atoms. The van der Waals surface area contributed by atoms with E-state index in [2.05, 4.69) is 5.10 Å². The summed E-state index contributed by atoms with van der Waals surface area (Å²) in [5.74, 6) is 0.00236. The topological polar surface area (TPSA) is 64.2 Å². The van der Waals surface area contributed by atoms with E-state index < -0.39 is 0 Å². The summed E-state index contributed by atoms with van der Waals surface area (Å²) in [7, 11) is 0. The number of rotatable bonds is 2. The Morgan fingerprint density at radius 1 is 1.30 bits per heavy atom. The van der Waals surface area contributed by atoms with Gasteiger partial charge in [0.15, 0.2) is 5.69 Å². The van der Waals surface area contributed by atoms with Gasteiger partial charge in [-0.2, -0.15) is 5.10 Å². The van der Waals surface area contributed by atoms with Crippen molar-refractivity contribution in [2.45, 2.75) is 52.0 Å². The molecule has 0 radical (unpaired) electrons.